The minimum Gasteiger partial charge on any atom is -0.249 e. The van der Waals surface area contributed by atoms with Crippen LogP contribution in [0, 0.1) is 0 Å². The molecular formula is C2F2NaO2. The number of hydrogen-bond acceptors (Lipinski definition) is 2. The third kappa shape index (κ3) is 6.20. The van der Waals surface area contributed by atoms with E-state index in [0.29, 0.717) is 0 Å². The molecule has 0 aliphatic carbocycles. The molecule has 0 N–H and O–H groups in total. The van der Waals surface area contributed by atoms with Crippen LogP contribution in [0.5, 0.6) is 0 Å². The Morgan fingerprint density at radius 2 is 1.14 bits per heavy atom. The van der Waals surface area contributed by atoms with Gasteiger partial charge in [-0.05, 0) is 0 Å². The van der Waals surface area contributed by atoms with Gasteiger partial charge in [-0.2, -0.15) is 8.78 Å². The van der Waals surface area contributed by atoms with Crippen LogP contribution < -0.4 is 0 Å². The van der Waals surface area contributed by atoms with Gasteiger partial charge in [0.2, 0.25) is 0 Å². The van der Waals surface area contributed by atoms with Gasteiger partial charge in [0.05, 0.1) is 0 Å². The van der Waals surface area contributed by atoms with Crippen molar-refractivity contribution in [1.82, 2.24) is 0 Å². The van der Waals surface area contributed by atoms with Gasteiger partial charge >= 0.3 is 12.1 Å². The number of hydrogen-bond donors (Lipinski definition) is 0. The average Bonchev–Trinajstić information content (AvgIpc) is 1.36. The van der Waals surface area contributed by atoms with E-state index >= 15 is 0 Å². The zero-order valence-electron chi connectivity index (χ0n) is 3.57. The third-order valence-electron chi connectivity index (χ3n) is 0.155. The molecule has 0 aromatic carbocycles. The number of halogens is 2. The van der Waals surface area contributed by atoms with Gasteiger partial charge in [0.1, 0.15) is 0 Å². The summed E-state index contributed by atoms with van der Waals surface area (Å²) in [5.74, 6) is 0. The number of carbonyl (C=O) groups excluding carboxylic acids is 2. The Labute approximate surface area is 60.2 Å². The van der Waals surface area contributed by atoms with Crippen LogP contribution >= 0.6 is 0 Å². The van der Waals surface area contributed by atoms with E-state index in [-0.39, 0.29) is 29.6 Å². The van der Waals surface area contributed by atoms with Crippen LogP contribution in [-0.4, -0.2) is 41.6 Å². The minimum absolute atomic E-state index is 0. The molecule has 0 rings (SSSR count). The molecule has 0 heterocycles. The quantitative estimate of drug-likeness (QED) is 0.266. The van der Waals surface area contributed by atoms with Crippen molar-refractivity contribution in [3.63, 3.8) is 0 Å². The Hall–Kier alpha value is 0.200. The van der Waals surface area contributed by atoms with E-state index < -0.39 is 12.1 Å². The zero-order chi connectivity index (χ0) is 5.15. The van der Waals surface area contributed by atoms with Crippen molar-refractivity contribution in [3.05, 3.63) is 0 Å². The van der Waals surface area contributed by atoms with Gasteiger partial charge in [-0.15, -0.1) is 0 Å². The molecule has 0 amide bonds. The van der Waals surface area contributed by atoms with Crippen LogP contribution in [0.3, 0.4) is 0 Å². The van der Waals surface area contributed by atoms with Crippen LogP contribution in [0.2, 0.25) is 0 Å². The molecule has 35 valence electrons. The topological polar surface area (TPSA) is 34.1 Å². The molecule has 0 saturated carbocycles. The first-order valence-electron chi connectivity index (χ1n) is 1.04. The molecule has 0 aromatic rings. The monoisotopic (exact) mass is 117 g/mol. The molecule has 0 aromatic heterocycles. The second kappa shape index (κ2) is 4.36. The summed E-state index contributed by atoms with van der Waals surface area (Å²) in [6.45, 7) is 0. The van der Waals surface area contributed by atoms with Crippen LogP contribution in [0.1, 0.15) is 0 Å². The number of rotatable bonds is 1. The first-order chi connectivity index (χ1) is 2.64. The van der Waals surface area contributed by atoms with Gasteiger partial charge in [-0.25, -0.2) is 9.59 Å². The van der Waals surface area contributed by atoms with Crippen molar-refractivity contribution >= 4 is 41.6 Å². The normalized spacial score (nSPS) is 6.57. The second-order valence-corrected chi connectivity index (χ2v) is 0.547. The molecule has 0 bridgehead atoms. The van der Waals surface area contributed by atoms with Gasteiger partial charge in [0.25, 0.3) is 0 Å². The molecule has 1 radical (unpaired) electrons. The Morgan fingerprint density at radius 1 is 1.00 bits per heavy atom. The zero-order valence-corrected chi connectivity index (χ0v) is 5.57. The van der Waals surface area contributed by atoms with Crippen LogP contribution in [0.15, 0.2) is 0 Å². The largest absolute Gasteiger partial charge is 0.401 e. The Morgan fingerprint density at radius 3 is 1.14 bits per heavy atom. The van der Waals surface area contributed by atoms with Crippen molar-refractivity contribution in [2.75, 3.05) is 0 Å². The van der Waals surface area contributed by atoms with Crippen LogP contribution in [0.4, 0.5) is 8.78 Å². The molecule has 0 fully saturated rings. The van der Waals surface area contributed by atoms with E-state index in [0.717, 1.165) is 0 Å². The summed E-state index contributed by atoms with van der Waals surface area (Å²) in [5, 5.41) is 0. The van der Waals surface area contributed by atoms with E-state index in [1.54, 1.807) is 0 Å². The molecule has 5 heteroatoms. The van der Waals surface area contributed by atoms with Crippen molar-refractivity contribution in [1.29, 1.82) is 0 Å². The molecular weight excluding hydrogens is 117 g/mol. The first-order valence-corrected chi connectivity index (χ1v) is 1.04. The summed E-state index contributed by atoms with van der Waals surface area (Å²) < 4.78 is 20.9. The maximum Gasteiger partial charge on any atom is 0.401 e. The van der Waals surface area contributed by atoms with Crippen molar-refractivity contribution in [2.24, 2.45) is 0 Å². The standard InChI is InChI=1S/C2F2O2.Na/c3-1(5)2(4)6;. The van der Waals surface area contributed by atoms with Crippen molar-refractivity contribution in [3.8, 4) is 0 Å². The fourth-order valence-corrected chi connectivity index (χ4v) is 0. The van der Waals surface area contributed by atoms with Crippen molar-refractivity contribution < 1.29 is 18.4 Å². The van der Waals surface area contributed by atoms with Crippen LogP contribution in [0.25, 0.3) is 0 Å². The van der Waals surface area contributed by atoms with Gasteiger partial charge in [0, 0.05) is 29.6 Å². The SMILES string of the molecule is O=C(F)C(=O)F.[Na]. The molecule has 0 atom stereocenters. The molecule has 0 unspecified atom stereocenters. The van der Waals surface area contributed by atoms with E-state index in [9.17, 15) is 8.78 Å². The fourth-order valence-electron chi connectivity index (χ4n) is 0. The van der Waals surface area contributed by atoms with E-state index in [4.69, 9.17) is 9.59 Å². The molecule has 0 aliphatic rings. The molecule has 0 saturated heterocycles. The average molecular weight is 117 g/mol. The van der Waals surface area contributed by atoms with Gasteiger partial charge in [-0.1, -0.05) is 0 Å². The Bertz CT molecular complexity index is 79.7. The third-order valence-corrected chi connectivity index (χ3v) is 0.155. The molecule has 0 aliphatic heterocycles. The summed E-state index contributed by atoms with van der Waals surface area (Å²) in [6, 6.07) is -5.09. The molecule has 7 heavy (non-hydrogen) atoms. The fraction of sp³-hybridized carbons (Fsp3) is 0. The van der Waals surface area contributed by atoms with Gasteiger partial charge < -0.3 is 0 Å². The van der Waals surface area contributed by atoms with E-state index in [1.807, 2.05) is 0 Å². The van der Waals surface area contributed by atoms with Crippen molar-refractivity contribution in [2.45, 2.75) is 0 Å². The van der Waals surface area contributed by atoms with Crippen LogP contribution in [-0.2, 0) is 9.59 Å². The molecule has 2 nitrogen and oxygen atoms in total. The van der Waals surface area contributed by atoms with E-state index in [1.165, 1.54) is 0 Å². The second-order valence-electron chi connectivity index (χ2n) is 0.547. The van der Waals surface area contributed by atoms with Gasteiger partial charge in [0.15, 0.2) is 0 Å². The minimum atomic E-state index is -2.55. The summed E-state index contributed by atoms with van der Waals surface area (Å²) in [7, 11) is 0. The summed E-state index contributed by atoms with van der Waals surface area (Å²) in [5.41, 5.74) is 0. The maximum atomic E-state index is 10.5. The summed E-state index contributed by atoms with van der Waals surface area (Å²) in [6.07, 6.45) is 0. The van der Waals surface area contributed by atoms with E-state index in [2.05, 4.69) is 0 Å². The summed E-state index contributed by atoms with van der Waals surface area (Å²) >= 11 is 0. The predicted molar refractivity (Wildman–Crippen MR) is 18.0 cm³/mol. The predicted octanol–water partition coefficient (Wildman–Crippen LogP) is -0.402. The first kappa shape index (κ1) is 10.2. The maximum absolute atomic E-state index is 10.5. The van der Waals surface area contributed by atoms with Gasteiger partial charge in [-0.3, -0.25) is 0 Å². The summed E-state index contributed by atoms with van der Waals surface area (Å²) in [4.78, 5) is 17.5. The Balaban J connectivity index is 0. The number of carbonyl (C=O) groups is 2. The molecule has 0 spiro atoms. The smallest absolute Gasteiger partial charge is 0.249 e. The Kier molecular flexibility index (Phi) is 6.38.